The zero-order chi connectivity index (χ0) is 24.6. The fourth-order valence-electron chi connectivity index (χ4n) is 3.70. The Morgan fingerprint density at radius 1 is 1.03 bits per heavy atom. The maximum Gasteiger partial charge on any atom is 0.334 e. The van der Waals surface area contributed by atoms with Gasteiger partial charge in [0.05, 0.1) is 6.61 Å². The normalized spacial score (nSPS) is 17.1. The minimum atomic E-state index is -1.16. The molecule has 0 radical (unpaired) electrons. The monoisotopic (exact) mass is 460 g/mol. The van der Waals surface area contributed by atoms with Gasteiger partial charge < -0.3 is 14.6 Å². The maximum atomic E-state index is 12.1. The number of cyclic esters (lactones) is 1. The number of ether oxygens (including phenoxy) is 2. The molecule has 0 amide bonds. The van der Waals surface area contributed by atoms with Crippen molar-refractivity contribution in [2.75, 3.05) is 13.2 Å². The van der Waals surface area contributed by atoms with E-state index in [9.17, 15) is 14.7 Å². The number of carbonyl (C=O) groups excluding carboxylic acids is 2. The first kappa shape index (κ1) is 25.3. The summed E-state index contributed by atoms with van der Waals surface area (Å²) in [5.74, 6) is 5.56. The van der Waals surface area contributed by atoms with Gasteiger partial charge in [-0.1, -0.05) is 47.2 Å². The number of aliphatic hydroxyl groups is 1. The van der Waals surface area contributed by atoms with Crippen LogP contribution in [0.1, 0.15) is 61.8 Å². The molecule has 1 aliphatic rings. The van der Waals surface area contributed by atoms with Crippen molar-refractivity contribution in [2.24, 2.45) is 0 Å². The summed E-state index contributed by atoms with van der Waals surface area (Å²) in [4.78, 5) is 24.1. The summed E-state index contributed by atoms with van der Waals surface area (Å²) in [6, 6.07) is 16.3. The number of aliphatic hydroxyl groups excluding tert-OH is 1. The Labute approximate surface area is 201 Å². The molecule has 1 unspecified atom stereocenters. The predicted octanol–water partition coefficient (Wildman–Crippen LogP) is 4.67. The Bertz CT molecular complexity index is 1100. The number of allylic oxidation sites excluding steroid dienone is 1. The Morgan fingerprint density at radius 2 is 1.65 bits per heavy atom. The molecule has 5 heteroatoms. The van der Waals surface area contributed by atoms with Gasteiger partial charge in [-0.25, -0.2) is 4.79 Å². The smallest absolute Gasteiger partial charge is 0.334 e. The van der Waals surface area contributed by atoms with Gasteiger partial charge >= 0.3 is 11.9 Å². The van der Waals surface area contributed by atoms with Crippen LogP contribution in [-0.2, 0) is 25.5 Å². The van der Waals surface area contributed by atoms with Crippen LogP contribution in [0, 0.1) is 18.8 Å². The predicted molar refractivity (Wildman–Crippen MR) is 131 cm³/mol. The van der Waals surface area contributed by atoms with E-state index in [0.29, 0.717) is 12.0 Å². The van der Waals surface area contributed by atoms with E-state index in [2.05, 4.69) is 43.0 Å². The molecular formula is C29H32O5. The van der Waals surface area contributed by atoms with E-state index in [1.165, 1.54) is 11.1 Å². The number of rotatable bonds is 8. The van der Waals surface area contributed by atoms with Crippen LogP contribution in [0.25, 0.3) is 0 Å². The van der Waals surface area contributed by atoms with E-state index in [1.54, 1.807) is 0 Å². The first-order valence-electron chi connectivity index (χ1n) is 11.6. The van der Waals surface area contributed by atoms with Gasteiger partial charge in [0, 0.05) is 29.5 Å². The van der Waals surface area contributed by atoms with Crippen LogP contribution < -0.4 is 0 Å². The molecule has 1 N–H and O–H groups in total. The largest absolute Gasteiger partial charge is 0.461 e. The van der Waals surface area contributed by atoms with Crippen molar-refractivity contribution in [1.29, 1.82) is 0 Å². The molecule has 5 nitrogen and oxygen atoms in total. The molecule has 1 fully saturated rings. The third-order valence-electron chi connectivity index (χ3n) is 5.90. The molecule has 1 heterocycles. The van der Waals surface area contributed by atoms with Gasteiger partial charge in [-0.2, -0.15) is 0 Å². The van der Waals surface area contributed by atoms with Crippen molar-refractivity contribution in [1.82, 2.24) is 0 Å². The number of hydrogen-bond acceptors (Lipinski definition) is 5. The highest BCUT2D eigenvalue weighted by molar-refractivity contribution is 5.92. The minimum Gasteiger partial charge on any atom is -0.461 e. The Morgan fingerprint density at radius 3 is 2.21 bits per heavy atom. The van der Waals surface area contributed by atoms with Crippen LogP contribution in [0.15, 0.2) is 59.7 Å². The first-order chi connectivity index (χ1) is 16.3. The molecule has 0 bridgehead atoms. The topological polar surface area (TPSA) is 72.8 Å². The Kier molecular flexibility index (Phi) is 8.67. The van der Waals surface area contributed by atoms with Crippen molar-refractivity contribution in [3.8, 4) is 11.8 Å². The third-order valence-corrected chi connectivity index (χ3v) is 5.90. The summed E-state index contributed by atoms with van der Waals surface area (Å²) in [7, 11) is 0. The van der Waals surface area contributed by atoms with Gasteiger partial charge in [-0.15, -0.1) is 0 Å². The Balaban J connectivity index is 1.39. The average molecular weight is 461 g/mol. The number of benzene rings is 2. The lowest BCUT2D eigenvalue weighted by atomic mass is 9.97. The average Bonchev–Trinajstić information content (AvgIpc) is 3.18. The van der Waals surface area contributed by atoms with Gasteiger partial charge in [0.15, 0.2) is 5.60 Å². The van der Waals surface area contributed by atoms with Crippen molar-refractivity contribution in [3.05, 3.63) is 81.9 Å². The summed E-state index contributed by atoms with van der Waals surface area (Å²) in [6.07, 6.45) is 2.94. The standard InChI is InChI=1S/C29H32O5/c1-21(2)26-18-29(19-30,34-28(26)32)20-33-27(31)7-5-4-6-23-12-14-25(15-13-23)17-16-24-10-8-22(3)9-11-24/h8-15,30H,4-7,18-20H2,1-3H3. The minimum absolute atomic E-state index is 0.129. The highest BCUT2D eigenvalue weighted by Gasteiger charge is 2.44. The quantitative estimate of drug-likeness (QED) is 0.268. The molecule has 2 aromatic carbocycles. The number of carbonyl (C=O) groups is 2. The molecular weight excluding hydrogens is 428 g/mol. The molecule has 1 aliphatic heterocycles. The molecule has 0 spiro atoms. The molecule has 0 aromatic heterocycles. The molecule has 0 aliphatic carbocycles. The van der Waals surface area contributed by atoms with Gasteiger partial charge in [0.1, 0.15) is 6.61 Å². The number of esters is 2. The second kappa shape index (κ2) is 11.7. The molecule has 34 heavy (non-hydrogen) atoms. The van der Waals surface area contributed by atoms with E-state index in [1.807, 2.05) is 38.1 Å². The van der Waals surface area contributed by atoms with Crippen LogP contribution in [0.2, 0.25) is 0 Å². The SMILES string of the molecule is CC(C)=C1CC(CO)(COC(=O)CCCCc2ccc(C#Cc3ccc(C)cc3)cc2)OC1=O. The third kappa shape index (κ3) is 7.07. The van der Waals surface area contributed by atoms with Gasteiger partial charge in [-0.3, -0.25) is 4.79 Å². The van der Waals surface area contributed by atoms with Crippen LogP contribution in [0.3, 0.4) is 0 Å². The molecule has 2 aromatic rings. The van der Waals surface area contributed by atoms with E-state index in [0.717, 1.165) is 29.5 Å². The van der Waals surface area contributed by atoms with Crippen LogP contribution in [0.4, 0.5) is 0 Å². The zero-order valence-electron chi connectivity index (χ0n) is 20.1. The summed E-state index contributed by atoms with van der Waals surface area (Å²) in [5, 5.41) is 9.71. The second-order valence-corrected chi connectivity index (χ2v) is 9.07. The van der Waals surface area contributed by atoms with E-state index in [4.69, 9.17) is 9.47 Å². The van der Waals surface area contributed by atoms with Crippen molar-refractivity contribution >= 4 is 11.9 Å². The molecule has 3 rings (SSSR count). The number of aryl methyl sites for hydroxylation is 2. The maximum absolute atomic E-state index is 12.1. The fourth-order valence-corrected chi connectivity index (χ4v) is 3.70. The van der Waals surface area contributed by atoms with E-state index in [-0.39, 0.29) is 32.0 Å². The van der Waals surface area contributed by atoms with Crippen molar-refractivity contribution < 1.29 is 24.2 Å². The highest BCUT2D eigenvalue weighted by Crippen LogP contribution is 2.32. The number of unbranched alkanes of at least 4 members (excludes halogenated alkanes) is 1. The lowest BCUT2D eigenvalue weighted by Crippen LogP contribution is -2.39. The zero-order valence-corrected chi connectivity index (χ0v) is 20.1. The van der Waals surface area contributed by atoms with E-state index >= 15 is 0 Å². The fraction of sp³-hybridized carbons (Fsp3) is 0.379. The lowest BCUT2D eigenvalue weighted by molar-refractivity contribution is -0.166. The van der Waals surface area contributed by atoms with Gasteiger partial charge in [0.2, 0.25) is 0 Å². The van der Waals surface area contributed by atoms with Crippen molar-refractivity contribution in [3.63, 3.8) is 0 Å². The molecule has 0 saturated carbocycles. The summed E-state index contributed by atoms with van der Waals surface area (Å²) in [6.45, 7) is 5.19. The number of hydrogen-bond donors (Lipinski definition) is 1. The molecule has 1 atom stereocenters. The van der Waals surface area contributed by atoms with Gasteiger partial charge in [0.25, 0.3) is 0 Å². The Hall–Kier alpha value is -3.36. The lowest BCUT2D eigenvalue weighted by Gasteiger charge is -2.24. The first-order valence-corrected chi connectivity index (χ1v) is 11.6. The van der Waals surface area contributed by atoms with Crippen LogP contribution >= 0.6 is 0 Å². The second-order valence-electron chi connectivity index (χ2n) is 9.07. The van der Waals surface area contributed by atoms with E-state index < -0.39 is 11.6 Å². The molecule has 178 valence electrons. The van der Waals surface area contributed by atoms with Crippen molar-refractivity contribution in [2.45, 2.75) is 58.5 Å². The molecule has 1 saturated heterocycles. The summed E-state index contributed by atoms with van der Waals surface area (Å²) < 4.78 is 10.6. The van der Waals surface area contributed by atoms with Crippen LogP contribution in [0.5, 0.6) is 0 Å². The highest BCUT2D eigenvalue weighted by atomic mass is 16.6. The van der Waals surface area contributed by atoms with Crippen LogP contribution in [-0.4, -0.2) is 35.9 Å². The van der Waals surface area contributed by atoms with Gasteiger partial charge in [-0.05, 0) is 69.9 Å². The summed E-state index contributed by atoms with van der Waals surface area (Å²) in [5.41, 5.74) is 4.60. The summed E-state index contributed by atoms with van der Waals surface area (Å²) >= 11 is 0.